The molecule has 3 aromatic rings. The van der Waals surface area contributed by atoms with Crippen LogP contribution < -0.4 is 5.32 Å². The van der Waals surface area contributed by atoms with E-state index in [0.29, 0.717) is 16.5 Å². The predicted octanol–water partition coefficient (Wildman–Crippen LogP) is 3.66. The van der Waals surface area contributed by atoms with Crippen LogP contribution in [0.5, 0.6) is 0 Å². The molecule has 0 saturated heterocycles. The molecule has 2 N–H and O–H groups in total. The highest BCUT2D eigenvalue weighted by Gasteiger charge is 2.08. The number of halogens is 2. The Bertz CT molecular complexity index is 941. The smallest absolute Gasteiger partial charge is 0.230 e. The normalized spacial score (nSPS) is 11.0. The zero-order chi connectivity index (χ0) is 19.1. The predicted molar refractivity (Wildman–Crippen MR) is 101 cm³/mol. The number of nitrogens with zero attached hydrogens (tertiary/aromatic N) is 2. The molecule has 0 radical (unpaired) electrons. The largest absolute Gasteiger partial charge is 0.351 e. The third-order valence-corrected chi connectivity index (χ3v) is 4.40. The second-order valence-electron chi connectivity index (χ2n) is 5.54. The molecular formula is C19H16F2N4OS. The highest BCUT2D eigenvalue weighted by molar-refractivity contribution is 7.99. The molecule has 0 unspecified atom stereocenters. The van der Waals surface area contributed by atoms with Crippen molar-refractivity contribution in [2.45, 2.75) is 11.7 Å². The molecule has 2 aromatic carbocycles. The third-order valence-electron chi connectivity index (χ3n) is 3.55. The topological polar surface area (TPSA) is 70.7 Å². The highest BCUT2D eigenvalue weighted by Crippen LogP contribution is 2.14. The number of carbonyl (C=O) groups is 1. The molecule has 0 fully saturated rings. The van der Waals surface area contributed by atoms with Crippen LogP contribution in [0, 0.1) is 11.6 Å². The number of rotatable bonds is 7. The van der Waals surface area contributed by atoms with E-state index >= 15 is 0 Å². The number of carbonyl (C=O) groups excluding carboxylic acids is 1. The average Bonchev–Trinajstić information content (AvgIpc) is 3.13. The van der Waals surface area contributed by atoms with Gasteiger partial charge in [0.05, 0.1) is 5.75 Å². The molecule has 3 rings (SSSR count). The van der Waals surface area contributed by atoms with Gasteiger partial charge >= 0.3 is 0 Å². The van der Waals surface area contributed by atoms with Gasteiger partial charge in [0, 0.05) is 12.1 Å². The third kappa shape index (κ3) is 5.75. The number of amides is 1. The molecule has 5 nitrogen and oxygen atoms in total. The van der Waals surface area contributed by atoms with Crippen molar-refractivity contribution in [3.8, 4) is 0 Å². The summed E-state index contributed by atoms with van der Waals surface area (Å²) in [5, 5.41) is 9.86. The van der Waals surface area contributed by atoms with Crippen LogP contribution in [0.25, 0.3) is 12.2 Å². The first-order valence-corrected chi connectivity index (χ1v) is 9.07. The van der Waals surface area contributed by atoms with E-state index in [-0.39, 0.29) is 29.8 Å². The van der Waals surface area contributed by atoms with E-state index in [1.807, 2.05) is 0 Å². The van der Waals surface area contributed by atoms with Crippen molar-refractivity contribution in [1.82, 2.24) is 20.5 Å². The fraction of sp³-hybridized carbons (Fsp3) is 0.105. The highest BCUT2D eigenvalue weighted by atomic mass is 32.2. The first-order chi connectivity index (χ1) is 13.1. The number of aromatic amines is 1. The van der Waals surface area contributed by atoms with E-state index in [2.05, 4.69) is 20.5 Å². The first-order valence-electron chi connectivity index (χ1n) is 8.09. The Kier molecular flexibility index (Phi) is 6.32. The van der Waals surface area contributed by atoms with E-state index in [9.17, 15) is 13.6 Å². The Morgan fingerprint density at radius 2 is 1.89 bits per heavy atom. The van der Waals surface area contributed by atoms with Crippen LogP contribution in [-0.4, -0.2) is 26.8 Å². The van der Waals surface area contributed by atoms with Crippen LogP contribution in [0.1, 0.15) is 17.0 Å². The molecule has 1 amide bonds. The minimum absolute atomic E-state index is 0.118. The lowest BCUT2D eigenvalue weighted by Gasteiger charge is -2.05. The average molecular weight is 386 g/mol. The maximum absolute atomic E-state index is 13.5. The van der Waals surface area contributed by atoms with Gasteiger partial charge in [-0.05, 0) is 29.8 Å². The minimum atomic E-state index is -0.350. The standard InChI is InChI=1S/C19H16F2N4OS/c20-15-8-5-13(6-9-15)7-10-17-23-19(25-24-17)27-12-18(26)22-11-14-3-1-2-4-16(14)21/h1-10H,11-12H2,(H,22,26)(H,23,24,25)/b10-7+. The lowest BCUT2D eigenvalue weighted by molar-refractivity contribution is -0.118. The molecule has 0 aliphatic carbocycles. The Labute approximate surface area is 158 Å². The molecule has 8 heteroatoms. The quantitative estimate of drug-likeness (QED) is 0.608. The molecule has 1 heterocycles. The Balaban J connectivity index is 1.47. The van der Waals surface area contributed by atoms with Gasteiger partial charge in [-0.2, -0.15) is 0 Å². The van der Waals surface area contributed by atoms with Gasteiger partial charge in [-0.1, -0.05) is 48.2 Å². The first kappa shape index (κ1) is 18.8. The lowest BCUT2D eigenvalue weighted by Crippen LogP contribution is -2.25. The molecule has 0 atom stereocenters. The summed E-state index contributed by atoms with van der Waals surface area (Å²) in [6.45, 7) is 0.131. The Morgan fingerprint density at radius 1 is 1.11 bits per heavy atom. The molecule has 138 valence electrons. The van der Waals surface area contributed by atoms with Gasteiger partial charge in [-0.15, -0.1) is 5.10 Å². The maximum atomic E-state index is 13.5. The number of H-pyrrole nitrogens is 1. The summed E-state index contributed by atoms with van der Waals surface area (Å²) in [5.41, 5.74) is 1.26. The minimum Gasteiger partial charge on any atom is -0.351 e. The molecule has 0 saturated carbocycles. The summed E-state index contributed by atoms with van der Waals surface area (Å²) in [7, 11) is 0. The number of nitrogens with one attached hydrogen (secondary N) is 2. The SMILES string of the molecule is O=C(CSc1n[nH]c(/C=C/c2ccc(F)cc2)n1)NCc1ccccc1F. The Morgan fingerprint density at radius 3 is 2.67 bits per heavy atom. The molecule has 0 aliphatic rings. The molecule has 0 aliphatic heterocycles. The number of hydrogen-bond acceptors (Lipinski definition) is 4. The summed E-state index contributed by atoms with van der Waals surface area (Å²) >= 11 is 1.17. The second-order valence-corrected chi connectivity index (χ2v) is 6.49. The summed E-state index contributed by atoms with van der Waals surface area (Å²) in [5.74, 6) is -0.242. The number of hydrogen-bond donors (Lipinski definition) is 2. The summed E-state index contributed by atoms with van der Waals surface area (Å²) in [6.07, 6.45) is 3.48. The summed E-state index contributed by atoms with van der Waals surface area (Å²) in [4.78, 5) is 16.1. The number of thioether (sulfide) groups is 1. The zero-order valence-electron chi connectivity index (χ0n) is 14.2. The maximum Gasteiger partial charge on any atom is 0.230 e. The number of benzene rings is 2. The van der Waals surface area contributed by atoms with Crippen LogP contribution in [0.3, 0.4) is 0 Å². The van der Waals surface area contributed by atoms with Crippen molar-refractivity contribution in [2.75, 3.05) is 5.75 Å². The van der Waals surface area contributed by atoms with Gasteiger partial charge < -0.3 is 5.32 Å². The van der Waals surface area contributed by atoms with E-state index in [0.717, 1.165) is 5.56 Å². The van der Waals surface area contributed by atoms with E-state index in [1.165, 1.54) is 30.0 Å². The van der Waals surface area contributed by atoms with Gasteiger partial charge in [-0.25, -0.2) is 13.8 Å². The molecule has 27 heavy (non-hydrogen) atoms. The van der Waals surface area contributed by atoms with E-state index < -0.39 is 0 Å². The van der Waals surface area contributed by atoms with Gasteiger partial charge in [0.1, 0.15) is 17.5 Å². The second kappa shape index (κ2) is 9.09. The van der Waals surface area contributed by atoms with Crippen molar-refractivity contribution in [2.24, 2.45) is 0 Å². The molecular weight excluding hydrogens is 370 g/mol. The van der Waals surface area contributed by atoms with Crippen molar-refractivity contribution >= 4 is 29.8 Å². The van der Waals surface area contributed by atoms with Gasteiger partial charge in [0.2, 0.25) is 11.1 Å². The van der Waals surface area contributed by atoms with Gasteiger partial charge in [-0.3, -0.25) is 9.89 Å². The molecule has 0 spiro atoms. The Hall–Kier alpha value is -3.00. The fourth-order valence-corrected chi connectivity index (χ4v) is 2.80. The van der Waals surface area contributed by atoms with Crippen molar-refractivity contribution in [3.63, 3.8) is 0 Å². The van der Waals surface area contributed by atoms with Crippen LogP contribution in [0.15, 0.2) is 53.7 Å². The van der Waals surface area contributed by atoms with Gasteiger partial charge in [0.25, 0.3) is 0 Å². The van der Waals surface area contributed by atoms with Gasteiger partial charge in [0.15, 0.2) is 0 Å². The van der Waals surface area contributed by atoms with Crippen LogP contribution >= 0.6 is 11.8 Å². The van der Waals surface area contributed by atoms with E-state index in [4.69, 9.17) is 0 Å². The van der Waals surface area contributed by atoms with Crippen LogP contribution in [-0.2, 0) is 11.3 Å². The van der Waals surface area contributed by atoms with Crippen molar-refractivity contribution < 1.29 is 13.6 Å². The van der Waals surface area contributed by atoms with E-state index in [1.54, 1.807) is 42.5 Å². The molecule has 1 aromatic heterocycles. The monoisotopic (exact) mass is 386 g/mol. The number of aromatic nitrogens is 3. The molecule has 0 bridgehead atoms. The van der Waals surface area contributed by atoms with Crippen molar-refractivity contribution in [1.29, 1.82) is 0 Å². The summed E-state index contributed by atoms with van der Waals surface area (Å²) in [6, 6.07) is 12.3. The summed E-state index contributed by atoms with van der Waals surface area (Å²) < 4.78 is 26.4. The van der Waals surface area contributed by atoms with Crippen molar-refractivity contribution in [3.05, 3.63) is 77.1 Å². The fourth-order valence-electron chi connectivity index (χ4n) is 2.16. The van der Waals surface area contributed by atoms with Crippen LogP contribution in [0.4, 0.5) is 8.78 Å². The zero-order valence-corrected chi connectivity index (χ0v) is 15.0. The lowest BCUT2D eigenvalue weighted by atomic mass is 10.2. The van der Waals surface area contributed by atoms with Crippen LogP contribution in [0.2, 0.25) is 0 Å².